The van der Waals surface area contributed by atoms with Gasteiger partial charge in [0.15, 0.2) is 0 Å². The number of aliphatic imine (C=N–C) groups is 2. The van der Waals surface area contributed by atoms with Gasteiger partial charge in [0.05, 0.1) is 17.0 Å². The largest absolute Gasteiger partial charge is 0.390 e. The number of nitrogens with one attached hydrogen (secondary N) is 1. The van der Waals surface area contributed by atoms with Gasteiger partial charge in [0.1, 0.15) is 12.2 Å². The van der Waals surface area contributed by atoms with E-state index in [1.165, 1.54) is 6.42 Å². The summed E-state index contributed by atoms with van der Waals surface area (Å²) in [7, 11) is 0. The molecule has 4 saturated carbocycles. The minimum atomic E-state index is -0.538. The van der Waals surface area contributed by atoms with Crippen molar-refractivity contribution in [2.45, 2.75) is 44.1 Å². The lowest BCUT2D eigenvalue weighted by Crippen LogP contribution is -2.56. The average Bonchev–Trinajstić information content (AvgIpc) is 2.96. The highest BCUT2D eigenvalue weighted by Crippen LogP contribution is 2.65. The van der Waals surface area contributed by atoms with E-state index in [9.17, 15) is 5.11 Å². The zero-order valence-corrected chi connectivity index (χ0v) is 13.7. The van der Waals surface area contributed by atoms with Gasteiger partial charge in [0.2, 0.25) is 0 Å². The van der Waals surface area contributed by atoms with E-state index < -0.39 is 5.60 Å². The van der Waals surface area contributed by atoms with E-state index in [1.807, 2.05) is 12.3 Å². The molecule has 0 amide bonds. The molecule has 4 fully saturated rings. The predicted octanol–water partition coefficient (Wildman–Crippen LogP) is 2.56. The molecule has 1 aromatic rings. The summed E-state index contributed by atoms with van der Waals surface area (Å²) in [6, 6.07) is 1.99. The number of rotatable bonds is 2. The van der Waals surface area contributed by atoms with Crippen LogP contribution < -0.4 is 5.84 Å². The van der Waals surface area contributed by atoms with Crippen LogP contribution in [0.4, 0.5) is 5.82 Å². The molecule has 1 aliphatic heterocycles. The van der Waals surface area contributed by atoms with E-state index in [-0.39, 0.29) is 5.41 Å². The van der Waals surface area contributed by atoms with Crippen LogP contribution in [-0.4, -0.2) is 33.8 Å². The first kappa shape index (κ1) is 14.4. The normalized spacial score (nSPS) is 41.5. The highest BCUT2D eigenvalue weighted by atomic mass is 16.3. The molecule has 126 valence electrons. The summed E-state index contributed by atoms with van der Waals surface area (Å²) >= 11 is 0. The second-order valence-electron chi connectivity index (χ2n) is 8.21. The fraction of sp³-hybridized carbons (Fsp3) is 0.556. The van der Waals surface area contributed by atoms with Gasteiger partial charge in [-0.05, 0) is 63.1 Å². The zero-order valence-electron chi connectivity index (χ0n) is 13.7. The second-order valence-corrected chi connectivity index (χ2v) is 8.21. The quantitative estimate of drug-likeness (QED) is 0.576. The number of aliphatic hydroxyl groups is 1. The smallest absolute Gasteiger partial charge is 0.141 e. The van der Waals surface area contributed by atoms with Gasteiger partial charge in [-0.2, -0.15) is 0 Å². The van der Waals surface area contributed by atoms with Crippen molar-refractivity contribution in [2.75, 3.05) is 0 Å². The molecule has 2 unspecified atom stereocenters. The molecule has 0 radical (unpaired) electrons. The summed E-state index contributed by atoms with van der Waals surface area (Å²) in [5.41, 5.74) is 2.12. The summed E-state index contributed by atoms with van der Waals surface area (Å²) in [6.07, 6.45) is 9.54. The Labute approximate surface area is 141 Å². The summed E-state index contributed by atoms with van der Waals surface area (Å²) in [4.78, 5) is 12.0. The van der Waals surface area contributed by atoms with Gasteiger partial charge in [-0.25, -0.2) is 10.8 Å². The van der Waals surface area contributed by atoms with Crippen molar-refractivity contribution in [2.24, 2.45) is 33.1 Å². The number of nitrogens with two attached hydrogens (primary N) is 1. The minimum Gasteiger partial charge on any atom is -0.390 e. The van der Waals surface area contributed by atoms with Crippen LogP contribution in [0, 0.1) is 17.3 Å². The lowest BCUT2D eigenvalue weighted by Gasteiger charge is -2.60. The Balaban J connectivity index is 1.70. The van der Waals surface area contributed by atoms with Crippen molar-refractivity contribution in [1.29, 1.82) is 0 Å². The number of allylic oxidation sites excluding steroid dienone is 1. The molecular weight excluding hydrogens is 302 g/mol. The van der Waals surface area contributed by atoms with Gasteiger partial charge in [0.25, 0.3) is 0 Å². The number of hydrogen-bond donors (Lipinski definition) is 3. The Hall–Kier alpha value is -1.92. The molecule has 5 aliphatic rings. The van der Waals surface area contributed by atoms with Gasteiger partial charge in [-0.15, -0.1) is 0 Å². The molecule has 24 heavy (non-hydrogen) atoms. The van der Waals surface area contributed by atoms with Gasteiger partial charge in [0, 0.05) is 17.2 Å². The van der Waals surface area contributed by atoms with E-state index in [0.29, 0.717) is 11.8 Å². The molecule has 4 N–H and O–H groups in total. The van der Waals surface area contributed by atoms with Gasteiger partial charge >= 0.3 is 0 Å². The third kappa shape index (κ3) is 1.84. The third-order valence-corrected chi connectivity index (χ3v) is 6.46. The molecule has 6 heteroatoms. The lowest BCUT2D eigenvalue weighted by atomic mass is 9.47. The van der Waals surface area contributed by atoms with Crippen molar-refractivity contribution in [1.82, 2.24) is 9.99 Å². The predicted molar refractivity (Wildman–Crippen MR) is 93.5 cm³/mol. The van der Waals surface area contributed by atoms with Crippen LogP contribution in [0.1, 0.15) is 44.1 Å². The van der Waals surface area contributed by atoms with Crippen molar-refractivity contribution in [3.05, 3.63) is 23.5 Å². The molecule has 2 heterocycles. The summed E-state index contributed by atoms with van der Waals surface area (Å²) in [5, 5.41) is 12.6. The first-order valence-electron chi connectivity index (χ1n) is 8.72. The second kappa shape index (κ2) is 4.58. The Kier molecular flexibility index (Phi) is 2.75. The minimum absolute atomic E-state index is 0.118. The Morgan fingerprint density at radius 3 is 2.79 bits per heavy atom. The van der Waals surface area contributed by atoms with Crippen LogP contribution in [-0.2, 0) is 0 Å². The summed E-state index contributed by atoms with van der Waals surface area (Å²) < 4.78 is 0. The summed E-state index contributed by atoms with van der Waals surface area (Å²) in [6.45, 7) is 3.88. The SMILES string of the molecule is C=N/C(=C1/c2cc[nH]c2N=CN1N)C12CC3CC(CC(O)(C3)C1)C2. The lowest BCUT2D eigenvalue weighted by molar-refractivity contribution is -0.151. The van der Waals surface area contributed by atoms with E-state index in [2.05, 4.69) is 21.7 Å². The third-order valence-electron chi connectivity index (χ3n) is 6.46. The topological polar surface area (TPSA) is 90.0 Å². The van der Waals surface area contributed by atoms with Crippen LogP contribution >= 0.6 is 0 Å². The van der Waals surface area contributed by atoms with Gasteiger partial charge in [-0.3, -0.25) is 10.0 Å². The average molecular weight is 325 g/mol. The number of fused-ring (bicyclic) bond motifs is 1. The number of H-pyrrole nitrogens is 1. The molecule has 0 spiro atoms. The molecule has 1 aromatic heterocycles. The van der Waals surface area contributed by atoms with Crippen LogP contribution in [0.25, 0.3) is 5.70 Å². The van der Waals surface area contributed by atoms with Gasteiger partial charge < -0.3 is 10.1 Å². The fourth-order valence-electron chi connectivity index (χ4n) is 6.21. The van der Waals surface area contributed by atoms with E-state index in [0.717, 1.165) is 54.9 Å². The fourth-order valence-corrected chi connectivity index (χ4v) is 6.21. The molecule has 6 rings (SSSR count). The Bertz CT molecular complexity index is 762. The van der Waals surface area contributed by atoms with Crippen LogP contribution in [0.5, 0.6) is 0 Å². The van der Waals surface area contributed by atoms with Crippen molar-refractivity contribution in [3.63, 3.8) is 0 Å². The number of nitrogens with zero attached hydrogens (tertiary/aromatic N) is 3. The van der Waals surface area contributed by atoms with Crippen molar-refractivity contribution >= 4 is 24.6 Å². The Morgan fingerprint density at radius 1 is 1.38 bits per heavy atom. The van der Waals surface area contributed by atoms with Crippen LogP contribution in [0.2, 0.25) is 0 Å². The van der Waals surface area contributed by atoms with E-state index >= 15 is 0 Å². The number of aromatic amines is 1. The van der Waals surface area contributed by atoms with Crippen molar-refractivity contribution < 1.29 is 5.11 Å². The molecule has 6 nitrogen and oxygen atoms in total. The van der Waals surface area contributed by atoms with Crippen LogP contribution in [0.3, 0.4) is 0 Å². The highest BCUT2D eigenvalue weighted by Gasteiger charge is 2.59. The molecule has 0 aromatic carbocycles. The van der Waals surface area contributed by atoms with Gasteiger partial charge in [-0.1, -0.05) is 0 Å². The number of aromatic nitrogens is 1. The molecule has 2 atom stereocenters. The highest BCUT2D eigenvalue weighted by molar-refractivity contribution is 5.87. The molecule has 4 aliphatic carbocycles. The van der Waals surface area contributed by atoms with E-state index in [1.54, 1.807) is 11.3 Å². The number of hydrazine groups is 1. The maximum absolute atomic E-state index is 11.1. The first-order valence-corrected chi connectivity index (χ1v) is 8.72. The van der Waals surface area contributed by atoms with Crippen molar-refractivity contribution in [3.8, 4) is 0 Å². The molecular formula is C18H23N5O. The molecule has 4 bridgehead atoms. The monoisotopic (exact) mass is 325 g/mol. The molecule has 0 saturated heterocycles. The van der Waals surface area contributed by atoms with Crippen LogP contribution in [0.15, 0.2) is 27.9 Å². The first-order chi connectivity index (χ1) is 11.5. The zero-order chi connectivity index (χ0) is 16.5. The maximum atomic E-state index is 11.1. The number of hydrogen-bond acceptors (Lipinski definition) is 5. The Morgan fingerprint density at radius 2 is 2.12 bits per heavy atom. The van der Waals surface area contributed by atoms with E-state index in [4.69, 9.17) is 5.84 Å². The maximum Gasteiger partial charge on any atom is 0.141 e. The standard InChI is InChI=1S/C18H23N5O/c1-20-15(14-13-2-3-21-16(13)22-10-23(14)19)17-5-11-4-12(6-17)8-18(24,7-11)9-17/h2-3,10-12,21,24H,1,4-9,19H2/b15-14-. The summed E-state index contributed by atoms with van der Waals surface area (Å²) in [5.74, 6) is 8.22.